The number of likely N-dealkylation sites (N-methyl/N-ethyl adjacent to an activating group) is 1. The zero-order valence-corrected chi connectivity index (χ0v) is 10.7. The number of hydrogen-bond donors (Lipinski definition) is 2. The van der Waals surface area contributed by atoms with E-state index in [4.69, 9.17) is 11.1 Å². The summed E-state index contributed by atoms with van der Waals surface area (Å²) in [7, 11) is 1.90. The van der Waals surface area contributed by atoms with Crippen LogP contribution in [0.25, 0.3) is 0 Å². The fourth-order valence-electron chi connectivity index (χ4n) is 1.61. The molecule has 0 atom stereocenters. The maximum atomic E-state index is 7.37. The lowest BCUT2D eigenvalue weighted by Crippen LogP contribution is -2.24. The molecule has 2 aromatic heterocycles. The van der Waals surface area contributed by atoms with Crippen LogP contribution in [-0.4, -0.2) is 34.4 Å². The number of nitrogens with one attached hydrogen (secondary N) is 1. The number of amidine groups is 1. The fraction of sp³-hybridized carbons (Fsp3) is 0.231. The van der Waals surface area contributed by atoms with Crippen LogP contribution >= 0.6 is 0 Å². The molecule has 0 unspecified atom stereocenters. The van der Waals surface area contributed by atoms with Crippen molar-refractivity contribution in [3.63, 3.8) is 0 Å². The third kappa shape index (κ3) is 3.48. The van der Waals surface area contributed by atoms with Crippen molar-refractivity contribution in [1.82, 2.24) is 15.0 Å². The van der Waals surface area contributed by atoms with Gasteiger partial charge in [0.25, 0.3) is 0 Å². The van der Waals surface area contributed by atoms with Crippen molar-refractivity contribution in [3.8, 4) is 0 Å². The molecule has 0 aliphatic carbocycles. The Morgan fingerprint density at radius 2 is 2.11 bits per heavy atom. The summed E-state index contributed by atoms with van der Waals surface area (Å²) in [4.78, 5) is 14.6. The van der Waals surface area contributed by atoms with Gasteiger partial charge in [-0.2, -0.15) is 0 Å². The Hall–Kier alpha value is -2.50. The summed E-state index contributed by atoms with van der Waals surface area (Å²) < 4.78 is 0. The molecule has 6 heteroatoms. The lowest BCUT2D eigenvalue weighted by molar-refractivity contribution is 0.819. The van der Waals surface area contributed by atoms with E-state index in [1.54, 1.807) is 18.5 Å². The van der Waals surface area contributed by atoms with Gasteiger partial charge < -0.3 is 10.6 Å². The highest BCUT2D eigenvalue weighted by Crippen LogP contribution is 2.06. The van der Waals surface area contributed by atoms with E-state index in [-0.39, 0.29) is 5.84 Å². The van der Waals surface area contributed by atoms with E-state index in [1.807, 2.05) is 30.1 Å². The van der Waals surface area contributed by atoms with Crippen molar-refractivity contribution >= 4 is 11.8 Å². The second-order valence-electron chi connectivity index (χ2n) is 4.15. The van der Waals surface area contributed by atoms with Gasteiger partial charge in [0.05, 0.1) is 0 Å². The second kappa shape index (κ2) is 5.90. The van der Waals surface area contributed by atoms with Crippen LogP contribution in [0.1, 0.15) is 11.4 Å². The van der Waals surface area contributed by atoms with Gasteiger partial charge in [0.15, 0.2) is 0 Å². The summed E-state index contributed by atoms with van der Waals surface area (Å²) in [6.07, 6.45) is 4.20. The molecular formula is C13H16N6. The maximum absolute atomic E-state index is 7.37. The Bertz CT molecular complexity index is 554. The summed E-state index contributed by atoms with van der Waals surface area (Å²) in [6.45, 7) is 0.748. The summed E-state index contributed by atoms with van der Waals surface area (Å²) in [5, 5.41) is 7.37. The van der Waals surface area contributed by atoms with Crippen molar-refractivity contribution in [2.24, 2.45) is 5.73 Å². The monoisotopic (exact) mass is 256 g/mol. The molecule has 19 heavy (non-hydrogen) atoms. The van der Waals surface area contributed by atoms with Gasteiger partial charge >= 0.3 is 0 Å². The third-order valence-corrected chi connectivity index (χ3v) is 2.69. The molecule has 2 aromatic rings. The Morgan fingerprint density at radius 3 is 2.79 bits per heavy atom. The van der Waals surface area contributed by atoms with Gasteiger partial charge in [0.1, 0.15) is 11.5 Å². The smallest absolute Gasteiger partial charge is 0.225 e. The summed E-state index contributed by atoms with van der Waals surface area (Å²) in [5.74, 6) is 0.505. The number of nitrogens with zero attached hydrogens (tertiary/aromatic N) is 4. The number of hydrogen-bond acceptors (Lipinski definition) is 5. The Morgan fingerprint density at radius 1 is 1.26 bits per heavy atom. The molecule has 0 fully saturated rings. The Kier molecular flexibility index (Phi) is 4.02. The van der Waals surface area contributed by atoms with Gasteiger partial charge in [-0.1, -0.05) is 6.07 Å². The first kappa shape index (κ1) is 12.9. The molecule has 0 spiro atoms. The number of anilines is 1. The summed E-state index contributed by atoms with van der Waals surface area (Å²) >= 11 is 0. The largest absolute Gasteiger partial charge is 0.382 e. The van der Waals surface area contributed by atoms with E-state index in [9.17, 15) is 0 Å². The number of nitrogens with two attached hydrogens (primary N) is 1. The van der Waals surface area contributed by atoms with Gasteiger partial charge in [0, 0.05) is 38.1 Å². The van der Waals surface area contributed by atoms with E-state index >= 15 is 0 Å². The maximum Gasteiger partial charge on any atom is 0.225 e. The highest BCUT2D eigenvalue weighted by Gasteiger charge is 2.07. The molecule has 2 rings (SSSR count). The number of pyridine rings is 1. The molecule has 0 bridgehead atoms. The van der Waals surface area contributed by atoms with Crippen molar-refractivity contribution in [2.45, 2.75) is 6.42 Å². The van der Waals surface area contributed by atoms with E-state index in [0.717, 1.165) is 18.7 Å². The average molecular weight is 256 g/mol. The molecule has 3 N–H and O–H groups in total. The molecule has 0 aliphatic rings. The van der Waals surface area contributed by atoms with Crippen molar-refractivity contribution < 1.29 is 0 Å². The predicted octanol–water partition coefficient (Wildman–Crippen LogP) is 0.835. The van der Waals surface area contributed by atoms with Gasteiger partial charge in [-0.15, -0.1) is 0 Å². The highest BCUT2D eigenvalue weighted by molar-refractivity contribution is 5.93. The van der Waals surface area contributed by atoms with Gasteiger partial charge in [-0.3, -0.25) is 10.4 Å². The van der Waals surface area contributed by atoms with Crippen LogP contribution in [-0.2, 0) is 6.42 Å². The molecule has 0 aromatic carbocycles. The van der Waals surface area contributed by atoms with Gasteiger partial charge in [-0.25, -0.2) is 9.97 Å². The second-order valence-corrected chi connectivity index (χ2v) is 4.15. The lowest BCUT2D eigenvalue weighted by Gasteiger charge is -2.16. The van der Waals surface area contributed by atoms with Gasteiger partial charge in [-0.05, 0) is 18.2 Å². The standard InChI is InChI=1S/C13H16N6/c1-19(9-6-10-4-2-3-7-16-10)13-17-8-5-11(18-13)12(14)15/h2-5,7-8H,6,9H2,1H3,(H3,14,15). The van der Waals surface area contributed by atoms with Crippen LogP contribution in [0, 0.1) is 5.41 Å². The number of nitrogen functional groups attached to an aromatic ring is 1. The van der Waals surface area contributed by atoms with Crippen LogP contribution in [0.4, 0.5) is 5.95 Å². The molecule has 0 amide bonds. The fourth-order valence-corrected chi connectivity index (χ4v) is 1.61. The van der Waals surface area contributed by atoms with Gasteiger partial charge in [0.2, 0.25) is 5.95 Å². The van der Waals surface area contributed by atoms with E-state index in [1.165, 1.54) is 0 Å². The zero-order chi connectivity index (χ0) is 13.7. The van der Waals surface area contributed by atoms with Crippen LogP contribution in [0.15, 0.2) is 36.7 Å². The van der Waals surface area contributed by atoms with Crippen molar-refractivity contribution in [1.29, 1.82) is 5.41 Å². The molecule has 0 aliphatic heterocycles. The van der Waals surface area contributed by atoms with Crippen LogP contribution < -0.4 is 10.6 Å². The molecule has 0 saturated heterocycles. The quantitative estimate of drug-likeness (QED) is 0.611. The first-order chi connectivity index (χ1) is 9.16. The normalized spacial score (nSPS) is 10.2. The number of rotatable bonds is 5. The molecular weight excluding hydrogens is 240 g/mol. The molecule has 6 nitrogen and oxygen atoms in total. The minimum atomic E-state index is -0.0539. The molecule has 2 heterocycles. The SMILES string of the molecule is CN(CCc1ccccn1)c1nccc(C(=N)N)n1. The molecule has 98 valence electrons. The topological polar surface area (TPSA) is 91.8 Å². The number of aromatic nitrogens is 3. The molecule has 0 radical (unpaired) electrons. The summed E-state index contributed by atoms with van der Waals surface area (Å²) in [6, 6.07) is 7.47. The van der Waals surface area contributed by atoms with E-state index < -0.39 is 0 Å². The first-order valence-corrected chi connectivity index (χ1v) is 5.95. The van der Waals surface area contributed by atoms with Crippen LogP contribution in [0.5, 0.6) is 0 Å². The Balaban J connectivity index is 2.02. The predicted molar refractivity (Wildman–Crippen MR) is 74.3 cm³/mol. The minimum Gasteiger partial charge on any atom is -0.382 e. The first-order valence-electron chi connectivity index (χ1n) is 5.95. The van der Waals surface area contributed by atoms with Crippen LogP contribution in [0.3, 0.4) is 0 Å². The average Bonchev–Trinajstić information content (AvgIpc) is 2.46. The van der Waals surface area contributed by atoms with Crippen molar-refractivity contribution in [2.75, 3.05) is 18.5 Å². The zero-order valence-electron chi connectivity index (χ0n) is 10.7. The molecule has 0 saturated carbocycles. The van der Waals surface area contributed by atoms with E-state index in [0.29, 0.717) is 11.6 Å². The third-order valence-electron chi connectivity index (χ3n) is 2.69. The van der Waals surface area contributed by atoms with E-state index in [2.05, 4.69) is 15.0 Å². The van der Waals surface area contributed by atoms with Crippen molar-refractivity contribution in [3.05, 3.63) is 48.0 Å². The Labute approximate surface area is 111 Å². The minimum absolute atomic E-state index is 0.0539. The lowest BCUT2D eigenvalue weighted by atomic mass is 10.2. The van der Waals surface area contributed by atoms with Crippen LogP contribution in [0.2, 0.25) is 0 Å². The highest BCUT2D eigenvalue weighted by atomic mass is 15.2. The summed E-state index contributed by atoms with van der Waals surface area (Å²) in [5.41, 5.74) is 6.88.